The number of hydrogen-bond acceptors (Lipinski definition) is 2. The van der Waals surface area contributed by atoms with Gasteiger partial charge >= 0.3 is 0 Å². The quantitative estimate of drug-likeness (QED) is 0.849. The van der Waals surface area contributed by atoms with Crippen molar-refractivity contribution in [3.05, 3.63) is 53.3 Å². The van der Waals surface area contributed by atoms with Crippen molar-refractivity contribution >= 4 is 9.84 Å². The number of aryl methyl sites for hydroxylation is 2. The molecular weight excluding hydrogens is 275 g/mol. The Hall–Kier alpha value is -1.68. The van der Waals surface area contributed by atoms with Gasteiger partial charge in [0, 0.05) is 0 Å². The Morgan fingerprint density at radius 2 is 1.80 bits per heavy atom. The predicted octanol–water partition coefficient (Wildman–Crippen LogP) is 3.38. The van der Waals surface area contributed by atoms with E-state index in [4.69, 9.17) is 0 Å². The second-order valence-corrected chi connectivity index (χ2v) is 7.13. The lowest BCUT2D eigenvalue weighted by Crippen LogP contribution is -1.98. The standard InChI is InChI=1S/C16H15FO2S/c1-2-11-3-4-13(10-15(11)17)12-5-6-16-14(9-12)7-8-20(16,18)19/h3-6,9-10H,2,7-8H2,1H3. The van der Waals surface area contributed by atoms with Gasteiger partial charge in [-0.2, -0.15) is 0 Å². The monoisotopic (exact) mass is 290 g/mol. The molecule has 1 aliphatic heterocycles. The highest BCUT2D eigenvalue weighted by atomic mass is 32.2. The summed E-state index contributed by atoms with van der Waals surface area (Å²) in [6.45, 7) is 1.92. The maximum atomic E-state index is 13.8. The maximum absolute atomic E-state index is 13.8. The number of rotatable bonds is 2. The minimum Gasteiger partial charge on any atom is -0.224 e. The van der Waals surface area contributed by atoms with Crippen LogP contribution in [0.25, 0.3) is 11.1 Å². The van der Waals surface area contributed by atoms with Crippen LogP contribution in [-0.4, -0.2) is 14.2 Å². The van der Waals surface area contributed by atoms with E-state index in [1.54, 1.807) is 18.2 Å². The number of fused-ring (bicyclic) bond motifs is 1. The number of halogens is 1. The lowest BCUT2D eigenvalue weighted by molar-refractivity contribution is 0.600. The van der Waals surface area contributed by atoms with E-state index in [9.17, 15) is 12.8 Å². The SMILES string of the molecule is CCc1ccc(-c2ccc3c(c2)CCS3(=O)=O)cc1F. The Bertz CT molecular complexity index is 779. The Morgan fingerprint density at radius 1 is 1.10 bits per heavy atom. The van der Waals surface area contributed by atoms with Gasteiger partial charge in [0.1, 0.15) is 5.82 Å². The first kappa shape index (κ1) is 13.3. The molecule has 0 aromatic heterocycles. The van der Waals surface area contributed by atoms with E-state index in [0.29, 0.717) is 23.3 Å². The molecule has 0 atom stereocenters. The van der Waals surface area contributed by atoms with Crippen LogP contribution in [0.5, 0.6) is 0 Å². The summed E-state index contributed by atoms with van der Waals surface area (Å²) < 4.78 is 37.4. The van der Waals surface area contributed by atoms with Crippen LogP contribution >= 0.6 is 0 Å². The number of benzene rings is 2. The van der Waals surface area contributed by atoms with E-state index in [0.717, 1.165) is 16.7 Å². The van der Waals surface area contributed by atoms with Crippen molar-refractivity contribution in [3.8, 4) is 11.1 Å². The zero-order valence-electron chi connectivity index (χ0n) is 11.2. The lowest BCUT2D eigenvalue weighted by atomic mass is 10.00. The van der Waals surface area contributed by atoms with Gasteiger partial charge in [0.15, 0.2) is 9.84 Å². The average molecular weight is 290 g/mol. The molecule has 0 unspecified atom stereocenters. The van der Waals surface area contributed by atoms with Gasteiger partial charge in [-0.1, -0.05) is 25.1 Å². The minimum atomic E-state index is -3.10. The van der Waals surface area contributed by atoms with Crippen LogP contribution in [0.4, 0.5) is 4.39 Å². The average Bonchev–Trinajstić information content (AvgIpc) is 2.74. The van der Waals surface area contributed by atoms with Gasteiger partial charge in [0.2, 0.25) is 0 Å². The van der Waals surface area contributed by atoms with Crippen molar-refractivity contribution in [2.45, 2.75) is 24.7 Å². The fraction of sp³-hybridized carbons (Fsp3) is 0.250. The van der Waals surface area contributed by atoms with Crippen molar-refractivity contribution in [1.82, 2.24) is 0 Å². The molecule has 0 saturated heterocycles. The Labute approximate surface area is 118 Å². The molecule has 2 aromatic rings. The second kappa shape index (κ2) is 4.70. The molecule has 0 aliphatic carbocycles. The van der Waals surface area contributed by atoms with Crippen molar-refractivity contribution in [3.63, 3.8) is 0 Å². The van der Waals surface area contributed by atoms with Crippen LogP contribution < -0.4 is 0 Å². The molecule has 4 heteroatoms. The number of sulfone groups is 1. The summed E-state index contributed by atoms with van der Waals surface area (Å²) in [7, 11) is -3.10. The Kier molecular flexibility index (Phi) is 3.13. The van der Waals surface area contributed by atoms with E-state index >= 15 is 0 Å². The summed E-state index contributed by atoms with van der Waals surface area (Å²) in [5.74, 6) is -0.0346. The number of hydrogen-bond donors (Lipinski definition) is 0. The first-order chi connectivity index (χ1) is 9.51. The minimum absolute atomic E-state index is 0.176. The molecule has 0 radical (unpaired) electrons. The second-order valence-electron chi connectivity index (χ2n) is 5.05. The van der Waals surface area contributed by atoms with E-state index in [-0.39, 0.29) is 11.6 Å². The summed E-state index contributed by atoms with van der Waals surface area (Å²) in [6.07, 6.45) is 1.20. The van der Waals surface area contributed by atoms with Crippen molar-refractivity contribution in [2.75, 3.05) is 5.75 Å². The smallest absolute Gasteiger partial charge is 0.178 e. The molecule has 0 fully saturated rings. The highest BCUT2D eigenvalue weighted by Crippen LogP contribution is 2.31. The summed E-state index contributed by atoms with van der Waals surface area (Å²) >= 11 is 0. The summed E-state index contributed by atoms with van der Waals surface area (Å²) in [6, 6.07) is 10.4. The molecule has 2 nitrogen and oxygen atoms in total. The van der Waals surface area contributed by atoms with Crippen molar-refractivity contribution in [1.29, 1.82) is 0 Å². The van der Waals surface area contributed by atoms with E-state index in [2.05, 4.69) is 0 Å². The highest BCUT2D eigenvalue weighted by molar-refractivity contribution is 7.91. The molecule has 2 aromatic carbocycles. The van der Waals surface area contributed by atoms with Crippen LogP contribution in [0.3, 0.4) is 0 Å². The zero-order valence-corrected chi connectivity index (χ0v) is 12.0. The lowest BCUT2D eigenvalue weighted by Gasteiger charge is -2.07. The third-order valence-corrected chi connectivity index (χ3v) is 5.61. The van der Waals surface area contributed by atoms with Gasteiger partial charge in [-0.25, -0.2) is 12.8 Å². The van der Waals surface area contributed by atoms with E-state index < -0.39 is 9.84 Å². The summed E-state index contributed by atoms with van der Waals surface area (Å²) in [4.78, 5) is 0.423. The molecule has 3 rings (SSSR count). The Morgan fingerprint density at radius 3 is 2.50 bits per heavy atom. The van der Waals surface area contributed by atoms with Gasteiger partial charge in [-0.05, 0) is 53.3 Å². The molecule has 104 valence electrons. The highest BCUT2D eigenvalue weighted by Gasteiger charge is 2.26. The first-order valence-corrected chi connectivity index (χ1v) is 8.31. The molecule has 0 bridgehead atoms. The van der Waals surface area contributed by atoms with E-state index in [1.807, 2.05) is 19.1 Å². The van der Waals surface area contributed by atoms with Gasteiger partial charge in [0.25, 0.3) is 0 Å². The summed E-state index contributed by atoms with van der Waals surface area (Å²) in [5.41, 5.74) is 3.18. The van der Waals surface area contributed by atoms with Crippen LogP contribution in [-0.2, 0) is 22.7 Å². The predicted molar refractivity (Wildman–Crippen MR) is 77.0 cm³/mol. The molecule has 1 heterocycles. The van der Waals surface area contributed by atoms with Crippen molar-refractivity contribution < 1.29 is 12.8 Å². The topological polar surface area (TPSA) is 34.1 Å². The molecular formula is C16H15FO2S. The molecule has 20 heavy (non-hydrogen) atoms. The normalized spacial score (nSPS) is 16.1. The molecule has 0 spiro atoms. The molecule has 0 saturated carbocycles. The Balaban J connectivity index is 2.07. The fourth-order valence-corrected chi connectivity index (χ4v) is 4.17. The summed E-state index contributed by atoms with van der Waals surface area (Å²) in [5, 5.41) is 0. The van der Waals surface area contributed by atoms with Crippen LogP contribution in [0.2, 0.25) is 0 Å². The van der Waals surface area contributed by atoms with Crippen molar-refractivity contribution in [2.24, 2.45) is 0 Å². The van der Waals surface area contributed by atoms with Crippen LogP contribution in [0.15, 0.2) is 41.3 Å². The molecule has 0 N–H and O–H groups in total. The maximum Gasteiger partial charge on any atom is 0.178 e. The first-order valence-electron chi connectivity index (χ1n) is 6.66. The molecule has 0 amide bonds. The van der Waals surface area contributed by atoms with Gasteiger partial charge in [-0.3, -0.25) is 0 Å². The van der Waals surface area contributed by atoms with Gasteiger partial charge in [-0.15, -0.1) is 0 Å². The van der Waals surface area contributed by atoms with Gasteiger partial charge in [0.05, 0.1) is 10.6 Å². The van der Waals surface area contributed by atoms with Gasteiger partial charge < -0.3 is 0 Å². The third-order valence-electron chi connectivity index (χ3n) is 3.80. The third kappa shape index (κ3) is 2.14. The van der Waals surface area contributed by atoms with Crippen LogP contribution in [0, 0.1) is 5.82 Å². The fourth-order valence-electron chi connectivity index (χ4n) is 2.63. The molecule has 1 aliphatic rings. The largest absolute Gasteiger partial charge is 0.224 e. The van der Waals surface area contributed by atoms with Crippen LogP contribution in [0.1, 0.15) is 18.1 Å². The van der Waals surface area contributed by atoms with E-state index in [1.165, 1.54) is 6.07 Å². The zero-order chi connectivity index (χ0) is 14.3.